The third-order valence-corrected chi connectivity index (χ3v) is 3.47. The minimum atomic E-state index is -0.681. The van der Waals surface area contributed by atoms with Crippen molar-refractivity contribution < 1.29 is 10.2 Å². The maximum absolute atomic E-state index is 10.4. The van der Waals surface area contributed by atoms with Gasteiger partial charge in [0.1, 0.15) is 5.75 Å². The fourth-order valence-corrected chi connectivity index (χ4v) is 2.40. The highest BCUT2D eigenvalue weighted by atomic mass is 16.3. The maximum atomic E-state index is 10.4. The van der Waals surface area contributed by atoms with E-state index in [9.17, 15) is 10.2 Å². The van der Waals surface area contributed by atoms with Gasteiger partial charge in [-0.3, -0.25) is 0 Å². The van der Waals surface area contributed by atoms with Crippen LogP contribution in [0.1, 0.15) is 11.1 Å². The average Bonchev–Trinajstić information content (AvgIpc) is 2.44. The Labute approximate surface area is 112 Å². The van der Waals surface area contributed by atoms with Crippen molar-refractivity contribution in [2.45, 2.75) is 6.23 Å². The van der Waals surface area contributed by atoms with E-state index in [1.54, 1.807) is 12.1 Å². The number of aromatic hydroxyl groups is 1. The molecule has 2 N–H and O–H groups in total. The van der Waals surface area contributed by atoms with Crippen LogP contribution >= 0.6 is 0 Å². The molecule has 2 aromatic rings. The maximum Gasteiger partial charge on any atom is 0.153 e. The lowest BCUT2D eigenvalue weighted by atomic mass is 9.96. The van der Waals surface area contributed by atoms with Gasteiger partial charge in [0.2, 0.25) is 0 Å². The fourth-order valence-electron chi connectivity index (χ4n) is 2.40. The smallest absolute Gasteiger partial charge is 0.153 e. The van der Waals surface area contributed by atoms with E-state index in [0.29, 0.717) is 0 Å². The van der Waals surface area contributed by atoms with Crippen LogP contribution in [0, 0.1) is 0 Å². The second-order valence-corrected chi connectivity index (χ2v) is 4.69. The largest absolute Gasteiger partial charge is 0.508 e. The summed E-state index contributed by atoms with van der Waals surface area (Å²) in [5.74, 6) is 0.225. The summed E-state index contributed by atoms with van der Waals surface area (Å²) < 4.78 is 0. The first-order valence-electron chi connectivity index (χ1n) is 6.18. The Hall–Kier alpha value is -2.26. The van der Waals surface area contributed by atoms with E-state index in [2.05, 4.69) is 0 Å². The molecule has 3 rings (SSSR count). The fraction of sp³-hybridized carbons (Fsp3) is 0.125. The summed E-state index contributed by atoms with van der Waals surface area (Å²) in [7, 11) is 1.87. The number of hydrogen-bond acceptors (Lipinski definition) is 3. The van der Waals surface area contributed by atoms with Crippen molar-refractivity contribution in [1.82, 2.24) is 0 Å². The summed E-state index contributed by atoms with van der Waals surface area (Å²) in [6.07, 6.45) is 1.31. The molecule has 1 atom stereocenters. The van der Waals surface area contributed by atoms with Crippen LogP contribution in [-0.4, -0.2) is 23.5 Å². The number of anilines is 1. The second-order valence-electron chi connectivity index (χ2n) is 4.69. The number of phenols is 1. The van der Waals surface area contributed by atoms with Gasteiger partial charge in [-0.1, -0.05) is 30.3 Å². The second kappa shape index (κ2) is 4.44. The van der Waals surface area contributed by atoms with Gasteiger partial charge < -0.3 is 15.1 Å². The standard InChI is InChI=1S/C16H15NO2/c1-17-15-5-3-2-4-12(15)10-14(16(17)19)11-6-8-13(18)9-7-11/h2-10,16,18-19H,1H3. The van der Waals surface area contributed by atoms with Crippen molar-refractivity contribution in [1.29, 1.82) is 0 Å². The summed E-state index contributed by atoms with van der Waals surface area (Å²) in [5.41, 5.74) is 3.84. The summed E-state index contributed by atoms with van der Waals surface area (Å²) in [6, 6.07) is 14.8. The number of nitrogens with zero attached hydrogens (tertiary/aromatic N) is 1. The summed E-state index contributed by atoms with van der Waals surface area (Å²) in [4.78, 5) is 1.84. The topological polar surface area (TPSA) is 43.7 Å². The lowest BCUT2D eigenvalue weighted by molar-refractivity contribution is 0.232. The summed E-state index contributed by atoms with van der Waals surface area (Å²) in [5, 5.41) is 19.7. The van der Waals surface area contributed by atoms with Gasteiger partial charge >= 0.3 is 0 Å². The van der Waals surface area contributed by atoms with Crippen LogP contribution in [-0.2, 0) is 0 Å². The molecule has 3 nitrogen and oxygen atoms in total. The molecule has 96 valence electrons. The van der Waals surface area contributed by atoms with E-state index in [4.69, 9.17) is 0 Å². The number of rotatable bonds is 1. The van der Waals surface area contributed by atoms with Gasteiger partial charge in [-0.05, 0) is 35.4 Å². The molecule has 3 heteroatoms. The van der Waals surface area contributed by atoms with Gasteiger partial charge in [-0.15, -0.1) is 0 Å². The first-order chi connectivity index (χ1) is 9.16. The zero-order valence-electron chi connectivity index (χ0n) is 10.6. The Bertz CT molecular complexity index is 631. The van der Waals surface area contributed by atoms with Crippen molar-refractivity contribution >= 4 is 17.3 Å². The SMILES string of the molecule is CN1c2ccccc2C=C(c2ccc(O)cc2)C1O. The highest BCUT2D eigenvalue weighted by molar-refractivity contribution is 5.92. The third-order valence-electron chi connectivity index (χ3n) is 3.47. The molecule has 0 saturated heterocycles. The summed E-state index contributed by atoms with van der Waals surface area (Å²) >= 11 is 0. The minimum absolute atomic E-state index is 0.225. The van der Waals surface area contributed by atoms with Gasteiger partial charge in [-0.25, -0.2) is 0 Å². The lowest BCUT2D eigenvalue weighted by Gasteiger charge is -2.33. The first kappa shape index (κ1) is 11.8. The molecule has 1 unspecified atom stereocenters. The molecule has 0 amide bonds. The quantitative estimate of drug-likeness (QED) is 0.821. The molecule has 0 fully saturated rings. The van der Waals surface area contributed by atoms with Crippen LogP contribution in [0.3, 0.4) is 0 Å². The highest BCUT2D eigenvalue weighted by Crippen LogP contribution is 2.35. The number of hydrogen-bond donors (Lipinski definition) is 2. The van der Waals surface area contributed by atoms with Crippen molar-refractivity contribution in [3.8, 4) is 5.75 Å². The molecule has 0 radical (unpaired) electrons. The normalized spacial score (nSPS) is 17.9. The highest BCUT2D eigenvalue weighted by Gasteiger charge is 2.24. The number of benzene rings is 2. The van der Waals surface area contributed by atoms with E-state index in [-0.39, 0.29) is 5.75 Å². The predicted octanol–water partition coefficient (Wildman–Crippen LogP) is 2.70. The van der Waals surface area contributed by atoms with Gasteiger partial charge in [-0.2, -0.15) is 0 Å². The molecule has 0 bridgehead atoms. The number of phenolic OH excluding ortho intramolecular Hbond substituents is 1. The van der Waals surface area contributed by atoms with E-state index in [1.165, 1.54) is 0 Å². The molecule has 0 saturated carbocycles. The average molecular weight is 253 g/mol. The number of aliphatic hydroxyl groups is 1. The minimum Gasteiger partial charge on any atom is -0.508 e. The molecule has 0 aromatic heterocycles. The van der Waals surface area contributed by atoms with Crippen LogP contribution in [0.5, 0.6) is 5.75 Å². The summed E-state index contributed by atoms with van der Waals surface area (Å²) in [6.45, 7) is 0. The zero-order valence-corrected chi connectivity index (χ0v) is 10.6. The third kappa shape index (κ3) is 1.98. The van der Waals surface area contributed by atoms with Crippen LogP contribution in [0.25, 0.3) is 11.6 Å². The molecule has 0 aliphatic carbocycles. The number of para-hydroxylation sites is 1. The van der Waals surface area contributed by atoms with E-state index >= 15 is 0 Å². The van der Waals surface area contributed by atoms with Crippen molar-refractivity contribution in [3.63, 3.8) is 0 Å². The Balaban J connectivity index is 2.11. The number of fused-ring (bicyclic) bond motifs is 1. The van der Waals surface area contributed by atoms with E-state index in [1.807, 2.05) is 54.4 Å². The van der Waals surface area contributed by atoms with Crippen molar-refractivity contribution in [2.24, 2.45) is 0 Å². The first-order valence-corrected chi connectivity index (χ1v) is 6.18. The van der Waals surface area contributed by atoms with Gasteiger partial charge in [0.25, 0.3) is 0 Å². The number of likely N-dealkylation sites (N-methyl/N-ethyl adjacent to an activating group) is 1. The Morgan fingerprint density at radius 3 is 2.42 bits per heavy atom. The van der Waals surface area contributed by atoms with Gasteiger partial charge in [0.05, 0.1) is 0 Å². The zero-order chi connectivity index (χ0) is 13.4. The van der Waals surface area contributed by atoms with Crippen LogP contribution in [0.15, 0.2) is 48.5 Å². The molecular formula is C16H15NO2. The van der Waals surface area contributed by atoms with Crippen LogP contribution in [0.2, 0.25) is 0 Å². The molecule has 0 spiro atoms. The van der Waals surface area contributed by atoms with E-state index < -0.39 is 6.23 Å². The molecule has 2 aromatic carbocycles. The Morgan fingerprint density at radius 1 is 1.00 bits per heavy atom. The molecule has 1 aliphatic rings. The van der Waals surface area contributed by atoms with Gasteiger partial charge in [0.15, 0.2) is 6.23 Å². The van der Waals surface area contributed by atoms with Crippen LogP contribution in [0.4, 0.5) is 5.69 Å². The van der Waals surface area contributed by atoms with Crippen LogP contribution < -0.4 is 4.90 Å². The van der Waals surface area contributed by atoms with Crippen molar-refractivity contribution in [2.75, 3.05) is 11.9 Å². The number of aliphatic hydroxyl groups excluding tert-OH is 1. The Morgan fingerprint density at radius 2 is 1.68 bits per heavy atom. The molecule has 1 heterocycles. The van der Waals surface area contributed by atoms with E-state index in [0.717, 1.165) is 22.4 Å². The molecule has 19 heavy (non-hydrogen) atoms. The Kier molecular flexibility index (Phi) is 2.76. The lowest BCUT2D eigenvalue weighted by Crippen LogP contribution is -2.34. The van der Waals surface area contributed by atoms with Gasteiger partial charge in [0, 0.05) is 18.3 Å². The molecular weight excluding hydrogens is 238 g/mol. The monoisotopic (exact) mass is 253 g/mol. The predicted molar refractivity (Wildman–Crippen MR) is 76.8 cm³/mol. The van der Waals surface area contributed by atoms with Crippen molar-refractivity contribution in [3.05, 3.63) is 59.7 Å². The molecule has 1 aliphatic heterocycles.